The SMILES string of the molecule is CCC1CC(CNCC2(O)CCOC2)CCO1. The number of ether oxygens (including phenoxy) is 2. The van der Waals surface area contributed by atoms with Crippen LogP contribution in [0.3, 0.4) is 0 Å². The molecule has 3 unspecified atom stereocenters. The fraction of sp³-hybridized carbons (Fsp3) is 1.00. The monoisotopic (exact) mass is 243 g/mol. The molecule has 0 aromatic rings. The third-order valence-corrected chi connectivity index (χ3v) is 3.90. The summed E-state index contributed by atoms with van der Waals surface area (Å²) in [6.07, 6.45) is 4.59. The van der Waals surface area contributed by atoms with Gasteiger partial charge in [0.2, 0.25) is 0 Å². The van der Waals surface area contributed by atoms with Gasteiger partial charge in [-0.3, -0.25) is 0 Å². The zero-order valence-electron chi connectivity index (χ0n) is 10.8. The van der Waals surface area contributed by atoms with Gasteiger partial charge in [0.15, 0.2) is 0 Å². The molecule has 2 heterocycles. The lowest BCUT2D eigenvalue weighted by atomic mass is 9.94. The second-order valence-electron chi connectivity index (χ2n) is 5.45. The molecule has 17 heavy (non-hydrogen) atoms. The molecular formula is C13H25NO3. The molecule has 2 saturated heterocycles. The molecule has 0 spiro atoms. The summed E-state index contributed by atoms with van der Waals surface area (Å²) in [5, 5.41) is 13.5. The molecule has 100 valence electrons. The first-order chi connectivity index (χ1) is 8.22. The minimum absolute atomic E-state index is 0.438. The Morgan fingerprint density at radius 3 is 3.00 bits per heavy atom. The Bertz CT molecular complexity index is 229. The van der Waals surface area contributed by atoms with Crippen LogP contribution >= 0.6 is 0 Å². The van der Waals surface area contributed by atoms with Crippen molar-refractivity contribution in [2.24, 2.45) is 5.92 Å². The predicted octanol–water partition coefficient (Wildman–Crippen LogP) is 0.933. The Labute approximate surface area is 104 Å². The average molecular weight is 243 g/mol. The Kier molecular flexibility index (Phi) is 4.79. The average Bonchev–Trinajstić information content (AvgIpc) is 2.77. The highest BCUT2D eigenvalue weighted by Crippen LogP contribution is 2.22. The molecule has 2 aliphatic rings. The first-order valence-electron chi connectivity index (χ1n) is 6.84. The zero-order chi connectivity index (χ0) is 12.1. The van der Waals surface area contributed by atoms with Gasteiger partial charge >= 0.3 is 0 Å². The largest absolute Gasteiger partial charge is 0.386 e. The second kappa shape index (κ2) is 6.14. The third kappa shape index (κ3) is 3.91. The maximum absolute atomic E-state index is 10.1. The van der Waals surface area contributed by atoms with E-state index in [-0.39, 0.29) is 0 Å². The fourth-order valence-electron chi connectivity index (χ4n) is 2.67. The summed E-state index contributed by atoms with van der Waals surface area (Å²) in [6.45, 7) is 5.87. The number of hydrogen-bond acceptors (Lipinski definition) is 4. The Morgan fingerprint density at radius 2 is 2.29 bits per heavy atom. The minimum atomic E-state index is -0.630. The quantitative estimate of drug-likeness (QED) is 0.754. The predicted molar refractivity (Wildman–Crippen MR) is 66.0 cm³/mol. The van der Waals surface area contributed by atoms with Gasteiger partial charge in [0.05, 0.1) is 12.7 Å². The third-order valence-electron chi connectivity index (χ3n) is 3.90. The molecule has 0 amide bonds. The highest BCUT2D eigenvalue weighted by molar-refractivity contribution is 4.85. The van der Waals surface area contributed by atoms with Gasteiger partial charge in [-0.05, 0) is 31.7 Å². The molecule has 2 aliphatic heterocycles. The summed E-state index contributed by atoms with van der Waals surface area (Å²) in [4.78, 5) is 0. The Balaban J connectivity index is 1.64. The van der Waals surface area contributed by atoms with Crippen LogP contribution in [0, 0.1) is 5.92 Å². The van der Waals surface area contributed by atoms with Gasteiger partial charge in [0, 0.05) is 26.2 Å². The van der Waals surface area contributed by atoms with E-state index < -0.39 is 5.60 Å². The van der Waals surface area contributed by atoms with E-state index in [0.29, 0.717) is 31.8 Å². The maximum atomic E-state index is 10.1. The van der Waals surface area contributed by atoms with Crippen LogP contribution in [0.25, 0.3) is 0 Å². The van der Waals surface area contributed by atoms with Gasteiger partial charge < -0.3 is 19.9 Å². The van der Waals surface area contributed by atoms with Gasteiger partial charge in [-0.25, -0.2) is 0 Å². The molecule has 0 radical (unpaired) electrons. The lowest BCUT2D eigenvalue weighted by molar-refractivity contribution is -0.0128. The van der Waals surface area contributed by atoms with Gasteiger partial charge in [-0.2, -0.15) is 0 Å². The van der Waals surface area contributed by atoms with E-state index in [2.05, 4.69) is 12.2 Å². The van der Waals surface area contributed by atoms with Crippen LogP contribution in [0.1, 0.15) is 32.6 Å². The molecule has 2 fully saturated rings. The minimum Gasteiger partial charge on any atom is -0.386 e. The number of nitrogens with one attached hydrogen (secondary N) is 1. The topological polar surface area (TPSA) is 50.7 Å². The number of hydrogen-bond donors (Lipinski definition) is 2. The van der Waals surface area contributed by atoms with E-state index in [9.17, 15) is 5.11 Å². The molecule has 4 nitrogen and oxygen atoms in total. The fourth-order valence-corrected chi connectivity index (χ4v) is 2.67. The summed E-state index contributed by atoms with van der Waals surface area (Å²) >= 11 is 0. The molecule has 0 saturated carbocycles. The van der Waals surface area contributed by atoms with Crippen molar-refractivity contribution in [1.82, 2.24) is 5.32 Å². The smallest absolute Gasteiger partial charge is 0.102 e. The van der Waals surface area contributed by atoms with Crippen molar-refractivity contribution in [1.29, 1.82) is 0 Å². The molecule has 3 atom stereocenters. The molecular weight excluding hydrogens is 218 g/mol. The standard InChI is InChI=1S/C13H25NO3/c1-2-12-7-11(3-5-17-12)8-14-9-13(15)4-6-16-10-13/h11-12,14-15H,2-10H2,1H3. The van der Waals surface area contributed by atoms with E-state index in [0.717, 1.165) is 38.8 Å². The lowest BCUT2D eigenvalue weighted by Crippen LogP contribution is -2.43. The number of aliphatic hydroxyl groups is 1. The van der Waals surface area contributed by atoms with Gasteiger partial charge in [0.1, 0.15) is 5.60 Å². The molecule has 0 aromatic carbocycles. The van der Waals surface area contributed by atoms with Crippen LogP contribution in [0.2, 0.25) is 0 Å². The van der Waals surface area contributed by atoms with Crippen molar-refractivity contribution in [3.63, 3.8) is 0 Å². The molecule has 2 N–H and O–H groups in total. The lowest BCUT2D eigenvalue weighted by Gasteiger charge is -2.30. The van der Waals surface area contributed by atoms with Crippen molar-refractivity contribution in [3.8, 4) is 0 Å². The molecule has 0 aromatic heterocycles. The Hall–Kier alpha value is -0.160. The van der Waals surface area contributed by atoms with Crippen molar-refractivity contribution < 1.29 is 14.6 Å². The summed E-state index contributed by atoms with van der Waals surface area (Å²) in [5.74, 6) is 0.694. The van der Waals surface area contributed by atoms with Gasteiger partial charge in [-0.15, -0.1) is 0 Å². The summed E-state index contributed by atoms with van der Waals surface area (Å²) in [7, 11) is 0. The van der Waals surface area contributed by atoms with Gasteiger partial charge in [-0.1, -0.05) is 6.92 Å². The highest BCUT2D eigenvalue weighted by atomic mass is 16.5. The normalized spacial score (nSPS) is 38.5. The van der Waals surface area contributed by atoms with Crippen molar-refractivity contribution in [2.45, 2.75) is 44.3 Å². The molecule has 0 bridgehead atoms. The van der Waals surface area contributed by atoms with Crippen molar-refractivity contribution in [3.05, 3.63) is 0 Å². The molecule has 0 aliphatic carbocycles. The summed E-state index contributed by atoms with van der Waals surface area (Å²) < 4.78 is 10.9. The maximum Gasteiger partial charge on any atom is 0.102 e. The van der Waals surface area contributed by atoms with E-state index in [1.54, 1.807) is 0 Å². The van der Waals surface area contributed by atoms with Crippen LogP contribution in [0.5, 0.6) is 0 Å². The van der Waals surface area contributed by atoms with E-state index in [1.165, 1.54) is 0 Å². The summed E-state index contributed by atoms with van der Waals surface area (Å²) in [5.41, 5.74) is -0.630. The van der Waals surface area contributed by atoms with Gasteiger partial charge in [0.25, 0.3) is 0 Å². The van der Waals surface area contributed by atoms with Crippen molar-refractivity contribution in [2.75, 3.05) is 32.9 Å². The van der Waals surface area contributed by atoms with Crippen LogP contribution in [-0.2, 0) is 9.47 Å². The summed E-state index contributed by atoms with van der Waals surface area (Å²) in [6, 6.07) is 0. The van der Waals surface area contributed by atoms with Crippen LogP contribution in [0.4, 0.5) is 0 Å². The van der Waals surface area contributed by atoms with Crippen LogP contribution in [0.15, 0.2) is 0 Å². The van der Waals surface area contributed by atoms with Crippen LogP contribution < -0.4 is 5.32 Å². The first kappa shape index (κ1) is 13.3. The first-order valence-corrected chi connectivity index (χ1v) is 6.84. The second-order valence-corrected chi connectivity index (χ2v) is 5.45. The van der Waals surface area contributed by atoms with E-state index in [4.69, 9.17) is 9.47 Å². The molecule has 4 heteroatoms. The van der Waals surface area contributed by atoms with E-state index >= 15 is 0 Å². The van der Waals surface area contributed by atoms with Crippen molar-refractivity contribution >= 4 is 0 Å². The molecule has 2 rings (SSSR count). The van der Waals surface area contributed by atoms with E-state index in [1.807, 2.05) is 0 Å². The number of rotatable bonds is 5. The van der Waals surface area contributed by atoms with Crippen LogP contribution in [-0.4, -0.2) is 49.7 Å². The Morgan fingerprint density at radius 1 is 1.41 bits per heavy atom. The zero-order valence-corrected chi connectivity index (χ0v) is 10.8. The highest BCUT2D eigenvalue weighted by Gasteiger charge is 2.32.